The predicted octanol–water partition coefficient (Wildman–Crippen LogP) is 1.41. The van der Waals surface area contributed by atoms with Crippen molar-refractivity contribution in [1.82, 2.24) is 15.8 Å². The normalized spacial score (nSPS) is 13.8. The molecule has 124 valence electrons. The predicted molar refractivity (Wildman–Crippen MR) is 87.3 cm³/mol. The van der Waals surface area contributed by atoms with Crippen LogP contribution in [0.25, 0.3) is 0 Å². The second-order valence-electron chi connectivity index (χ2n) is 4.81. The molecule has 3 amide bonds. The molecule has 1 saturated heterocycles. The van der Waals surface area contributed by atoms with Crippen LogP contribution in [0, 0.1) is 0 Å². The van der Waals surface area contributed by atoms with Gasteiger partial charge in [-0.15, -0.1) is 0 Å². The Morgan fingerprint density at radius 1 is 1.26 bits per heavy atom. The summed E-state index contributed by atoms with van der Waals surface area (Å²) in [4.78, 5) is 36.6. The number of nitrogens with one attached hydrogen (secondary N) is 2. The Morgan fingerprint density at radius 3 is 2.61 bits per heavy atom. The second-order valence-corrected chi connectivity index (χ2v) is 5.86. The van der Waals surface area contributed by atoms with Crippen LogP contribution in [0.15, 0.2) is 24.3 Å². The third-order valence-corrected chi connectivity index (χ3v) is 4.09. The van der Waals surface area contributed by atoms with Crippen molar-refractivity contribution in [1.29, 1.82) is 0 Å². The Kier molecular flexibility index (Phi) is 6.28. The van der Waals surface area contributed by atoms with Crippen LogP contribution >= 0.6 is 11.8 Å². The fraction of sp³-hybridized carbons (Fsp3) is 0.400. The van der Waals surface area contributed by atoms with Crippen LogP contribution in [-0.4, -0.2) is 47.4 Å². The number of hydrogen-bond donors (Lipinski definition) is 2. The van der Waals surface area contributed by atoms with Crippen molar-refractivity contribution in [3.05, 3.63) is 29.8 Å². The van der Waals surface area contributed by atoms with E-state index in [1.165, 1.54) is 11.8 Å². The highest BCUT2D eigenvalue weighted by Gasteiger charge is 2.21. The topological polar surface area (TPSA) is 87.7 Å². The van der Waals surface area contributed by atoms with Gasteiger partial charge in [-0.3, -0.25) is 25.2 Å². The standard InChI is InChI=1S/C15H19N3O4S/c1-2-22-12-5-3-11(4-6-12)14(20)17-16-13(19)7-8-18-9-10-23-15(18)21/h3-6H,2,7-10H2,1H3,(H,16,19)(H,17,20). The molecule has 1 heterocycles. The van der Waals surface area contributed by atoms with Gasteiger partial charge in [-0.25, -0.2) is 0 Å². The van der Waals surface area contributed by atoms with Gasteiger partial charge < -0.3 is 9.64 Å². The molecule has 2 N–H and O–H groups in total. The van der Waals surface area contributed by atoms with E-state index in [0.717, 1.165) is 5.75 Å². The number of benzene rings is 1. The van der Waals surface area contributed by atoms with E-state index in [2.05, 4.69) is 10.9 Å². The lowest BCUT2D eigenvalue weighted by molar-refractivity contribution is -0.122. The average Bonchev–Trinajstić information content (AvgIpc) is 2.97. The zero-order valence-corrected chi connectivity index (χ0v) is 13.6. The van der Waals surface area contributed by atoms with Crippen LogP contribution in [0.1, 0.15) is 23.7 Å². The van der Waals surface area contributed by atoms with Gasteiger partial charge in [0.1, 0.15) is 5.75 Å². The van der Waals surface area contributed by atoms with E-state index in [1.54, 1.807) is 29.2 Å². The van der Waals surface area contributed by atoms with E-state index >= 15 is 0 Å². The minimum absolute atomic E-state index is 0.00350. The molecule has 1 aliphatic heterocycles. The molecule has 0 bridgehead atoms. The lowest BCUT2D eigenvalue weighted by Crippen LogP contribution is -2.42. The van der Waals surface area contributed by atoms with Gasteiger partial charge in [-0.2, -0.15) is 0 Å². The maximum atomic E-state index is 11.9. The van der Waals surface area contributed by atoms with Crippen molar-refractivity contribution in [2.75, 3.05) is 25.4 Å². The Balaban J connectivity index is 1.72. The van der Waals surface area contributed by atoms with E-state index in [-0.39, 0.29) is 17.6 Å². The Hall–Kier alpha value is -2.22. The number of hydrogen-bond acceptors (Lipinski definition) is 5. The maximum Gasteiger partial charge on any atom is 0.281 e. The molecule has 23 heavy (non-hydrogen) atoms. The Morgan fingerprint density at radius 2 is 2.00 bits per heavy atom. The largest absolute Gasteiger partial charge is 0.494 e. The second kappa shape index (κ2) is 8.42. The SMILES string of the molecule is CCOc1ccc(C(=O)NNC(=O)CCN2CCSC2=O)cc1. The number of ether oxygens (including phenoxy) is 1. The zero-order valence-electron chi connectivity index (χ0n) is 12.8. The number of rotatable bonds is 6. The van der Waals surface area contributed by atoms with E-state index in [9.17, 15) is 14.4 Å². The lowest BCUT2D eigenvalue weighted by Gasteiger charge is -2.14. The molecule has 1 aliphatic rings. The third-order valence-electron chi connectivity index (χ3n) is 3.20. The van der Waals surface area contributed by atoms with Crippen molar-refractivity contribution >= 4 is 28.8 Å². The van der Waals surface area contributed by atoms with E-state index in [0.29, 0.717) is 31.0 Å². The molecular weight excluding hydrogens is 318 g/mol. The molecular formula is C15H19N3O4S. The summed E-state index contributed by atoms with van der Waals surface area (Å²) in [5.41, 5.74) is 5.11. The number of nitrogens with zero attached hydrogens (tertiary/aromatic N) is 1. The van der Waals surface area contributed by atoms with E-state index in [1.807, 2.05) is 6.92 Å². The summed E-state index contributed by atoms with van der Waals surface area (Å²) in [6.07, 6.45) is 0.149. The summed E-state index contributed by atoms with van der Waals surface area (Å²) < 4.78 is 5.29. The third kappa shape index (κ3) is 5.17. The van der Waals surface area contributed by atoms with Gasteiger partial charge in [0.05, 0.1) is 6.61 Å². The number of amides is 3. The zero-order chi connectivity index (χ0) is 16.7. The van der Waals surface area contributed by atoms with Gasteiger partial charge >= 0.3 is 0 Å². The van der Waals surface area contributed by atoms with Crippen LogP contribution < -0.4 is 15.6 Å². The Bertz CT molecular complexity index is 577. The highest BCUT2D eigenvalue weighted by molar-refractivity contribution is 8.13. The molecule has 1 fully saturated rings. The van der Waals surface area contributed by atoms with Crippen LogP contribution in [0.4, 0.5) is 4.79 Å². The van der Waals surface area contributed by atoms with Crippen molar-refractivity contribution in [2.24, 2.45) is 0 Å². The van der Waals surface area contributed by atoms with Crippen LogP contribution in [0.2, 0.25) is 0 Å². The monoisotopic (exact) mass is 337 g/mol. The maximum absolute atomic E-state index is 11.9. The summed E-state index contributed by atoms with van der Waals surface area (Å²) in [6.45, 7) is 3.45. The van der Waals surface area contributed by atoms with Crippen LogP contribution in [-0.2, 0) is 4.79 Å². The molecule has 0 unspecified atom stereocenters. The molecule has 2 rings (SSSR count). The fourth-order valence-electron chi connectivity index (χ4n) is 2.00. The molecule has 0 aliphatic carbocycles. The molecule has 0 spiro atoms. The summed E-state index contributed by atoms with van der Waals surface area (Å²) in [5.74, 6) is 0.694. The highest BCUT2D eigenvalue weighted by Crippen LogP contribution is 2.17. The summed E-state index contributed by atoms with van der Waals surface area (Å²) in [7, 11) is 0. The van der Waals surface area contributed by atoms with Gasteiger partial charge in [-0.05, 0) is 31.2 Å². The molecule has 7 nitrogen and oxygen atoms in total. The summed E-state index contributed by atoms with van der Waals surface area (Å²) in [6, 6.07) is 6.62. The molecule has 0 radical (unpaired) electrons. The fourth-order valence-corrected chi connectivity index (χ4v) is 2.85. The molecule has 1 aromatic rings. The van der Waals surface area contributed by atoms with E-state index < -0.39 is 5.91 Å². The van der Waals surface area contributed by atoms with Gasteiger partial charge in [0.25, 0.3) is 11.1 Å². The molecule has 0 atom stereocenters. The quantitative estimate of drug-likeness (QED) is 0.766. The van der Waals surface area contributed by atoms with Crippen LogP contribution in [0.3, 0.4) is 0 Å². The van der Waals surface area contributed by atoms with Crippen molar-refractivity contribution in [3.63, 3.8) is 0 Å². The highest BCUT2D eigenvalue weighted by atomic mass is 32.2. The van der Waals surface area contributed by atoms with Crippen molar-refractivity contribution in [3.8, 4) is 5.75 Å². The first-order valence-corrected chi connectivity index (χ1v) is 8.32. The lowest BCUT2D eigenvalue weighted by atomic mass is 10.2. The van der Waals surface area contributed by atoms with Crippen molar-refractivity contribution < 1.29 is 19.1 Å². The summed E-state index contributed by atoms with van der Waals surface area (Å²) >= 11 is 1.25. The first kappa shape index (κ1) is 17.1. The number of carbonyl (C=O) groups is 3. The molecule has 1 aromatic carbocycles. The van der Waals surface area contributed by atoms with Crippen LogP contribution in [0.5, 0.6) is 5.75 Å². The number of thioether (sulfide) groups is 1. The molecule has 0 saturated carbocycles. The minimum atomic E-state index is -0.408. The van der Waals surface area contributed by atoms with E-state index in [4.69, 9.17) is 4.74 Å². The first-order valence-electron chi connectivity index (χ1n) is 7.34. The van der Waals surface area contributed by atoms with Gasteiger partial charge in [-0.1, -0.05) is 11.8 Å². The number of carbonyl (C=O) groups excluding carboxylic acids is 3. The van der Waals surface area contributed by atoms with Gasteiger partial charge in [0.15, 0.2) is 0 Å². The van der Waals surface area contributed by atoms with Gasteiger partial charge in [0, 0.05) is 30.8 Å². The smallest absolute Gasteiger partial charge is 0.281 e. The van der Waals surface area contributed by atoms with Crippen molar-refractivity contribution in [2.45, 2.75) is 13.3 Å². The average molecular weight is 337 g/mol. The molecule has 8 heteroatoms. The first-order chi connectivity index (χ1) is 11.1. The summed E-state index contributed by atoms with van der Waals surface area (Å²) in [5, 5.41) is -0.00350. The molecule has 0 aromatic heterocycles. The minimum Gasteiger partial charge on any atom is -0.494 e. The number of hydrazine groups is 1. The van der Waals surface area contributed by atoms with Gasteiger partial charge in [0.2, 0.25) is 5.91 Å². The Labute approximate surface area is 138 Å².